The molecule has 2 aromatic carbocycles. The van der Waals surface area contributed by atoms with E-state index in [0.29, 0.717) is 0 Å². The molecule has 0 saturated carbocycles. The molecule has 0 spiro atoms. The fourth-order valence-electron chi connectivity index (χ4n) is 2.18. The highest BCUT2D eigenvalue weighted by molar-refractivity contribution is 6.26. The van der Waals surface area contributed by atoms with Crippen molar-refractivity contribution in [3.05, 3.63) is 70.8 Å². The normalized spacial score (nSPS) is 12.0. The number of carbonyl (C=O) groups is 2. The molecule has 0 unspecified atom stereocenters. The lowest BCUT2D eigenvalue weighted by atomic mass is 9.88. The minimum absolute atomic E-state index is 0.179. The van der Waals surface area contributed by atoms with E-state index in [1.807, 2.05) is 0 Å². The Morgan fingerprint density at radius 2 is 1.04 bits per heavy atom. The van der Waals surface area contributed by atoms with Crippen LogP contribution in [-0.4, -0.2) is 28.3 Å². The largest absolute Gasteiger partial charge is 0.478 e. The van der Waals surface area contributed by atoms with E-state index >= 15 is 0 Å². The van der Waals surface area contributed by atoms with E-state index in [9.17, 15) is 22.8 Å². The van der Waals surface area contributed by atoms with Crippen LogP contribution in [0.1, 0.15) is 31.8 Å². The first kappa shape index (κ1) is 17.8. The fraction of sp³-hybridized carbons (Fsp3) is 0.125. The number of benzene rings is 2. The minimum Gasteiger partial charge on any atom is -0.478 e. The van der Waals surface area contributed by atoms with E-state index < -0.39 is 23.0 Å². The van der Waals surface area contributed by atoms with E-state index in [0.717, 1.165) is 48.5 Å². The molecule has 0 amide bonds. The van der Waals surface area contributed by atoms with E-state index in [2.05, 4.69) is 0 Å². The number of carboxylic acid groups (broad SMARTS) is 2. The maximum Gasteiger partial charge on any atom is 0.415 e. The van der Waals surface area contributed by atoms with Gasteiger partial charge in [-0.05, 0) is 35.4 Å². The average molecular weight is 359 g/mol. The number of carboxylic acids is 2. The highest BCUT2D eigenvalue weighted by Gasteiger charge is 2.56. The van der Waals surface area contributed by atoms with Crippen LogP contribution in [0, 0.1) is 0 Å². The van der Waals surface area contributed by atoms with Crippen molar-refractivity contribution in [3.63, 3.8) is 0 Å². The van der Waals surface area contributed by atoms with Crippen LogP contribution in [0.5, 0.6) is 0 Å². The standard InChI is InChI=1S/C16H10ClF3O4/c17-15(16(18,19)20,11-5-1-9(2-6-11)13(21)22)12-7-3-10(4-8-12)14(23)24/h1-8H,(H,21,22)(H,23,24). The molecular formula is C16H10ClF3O4. The van der Waals surface area contributed by atoms with Gasteiger partial charge in [-0.1, -0.05) is 35.9 Å². The molecule has 0 aliphatic heterocycles. The van der Waals surface area contributed by atoms with Gasteiger partial charge in [0, 0.05) is 0 Å². The molecule has 0 aliphatic carbocycles. The third kappa shape index (κ3) is 3.07. The molecule has 0 bridgehead atoms. The molecule has 0 radical (unpaired) electrons. The first-order valence-corrected chi connectivity index (χ1v) is 6.88. The van der Waals surface area contributed by atoms with E-state index in [1.54, 1.807) is 0 Å². The number of rotatable bonds is 4. The molecule has 0 saturated heterocycles. The maximum absolute atomic E-state index is 13.6. The Kier molecular flexibility index (Phi) is 4.57. The van der Waals surface area contributed by atoms with Crippen LogP contribution < -0.4 is 0 Å². The molecule has 24 heavy (non-hydrogen) atoms. The van der Waals surface area contributed by atoms with Crippen molar-refractivity contribution in [3.8, 4) is 0 Å². The molecule has 2 aromatic rings. The summed E-state index contributed by atoms with van der Waals surface area (Å²) in [6.45, 7) is 0. The Bertz CT molecular complexity index is 710. The van der Waals surface area contributed by atoms with Gasteiger partial charge in [0.05, 0.1) is 11.1 Å². The molecule has 0 fully saturated rings. The molecular weight excluding hydrogens is 349 g/mol. The fourth-order valence-corrected chi connectivity index (χ4v) is 2.43. The molecule has 126 valence electrons. The molecule has 2 rings (SSSR count). The summed E-state index contributed by atoms with van der Waals surface area (Å²) in [5.41, 5.74) is -1.10. The van der Waals surface area contributed by atoms with Gasteiger partial charge in [0.15, 0.2) is 4.87 Å². The monoisotopic (exact) mass is 358 g/mol. The number of hydrogen-bond acceptors (Lipinski definition) is 2. The summed E-state index contributed by atoms with van der Waals surface area (Å²) in [6.07, 6.45) is -4.90. The summed E-state index contributed by atoms with van der Waals surface area (Å²) in [5.74, 6) is -2.56. The predicted octanol–water partition coefficient (Wildman–Crippen LogP) is 4.13. The van der Waals surface area contributed by atoms with Crippen molar-refractivity contribution in [2.75, 3.05) is 0 Å². The predicted molar refractivity (Wildman–Crippen MR) is 79.5 cm³/mol. The number of hydrogen-bond donors (Lipinski definition) is 2. The summed E-state index contributed by atoms with van der Waals surface area (Å²) < 4.78 is 40.9. The number of halogens is 4. The minimum atomic E-state index is -4.90. The van der Waals surface area contributed by atoms with Gasteiger partial charge in [0.1, 0.15) is 0 Å². The smallest absolute Gasteiger partial charge is 0.415 e. The van der Waals surface area contributed by atoms with Crippen molar-refractivity contribution in [2.45, 2.75) is 11.1 Å². The Hall–Kier alpha value is -2.54. The van der Waals surface area contributed by atoms with Gasteiger partial charge in [0.25, 0.3) is 0 Å². The molecule has 4 nitrogen and oxygen atoms in total. The third-order valence-corrected chi connectivity index (χ3v) is 4.10. The topological polar surface area (TPSA) is 74.6 Å². The Morgan fingerprint density at radius 3 is 1.25 bits per heavy atom. The van der Waals surface area contributed by atoms with E-state index in [1.165, 1.54) is 0 Å². The van der Waals surface area contributed by atoms with Gasteiger partial charge in [-0.15, -0.1) is 0 Å². The van der Waals surface area contributed by atoms with Gasteiger partial charge in [0.2, 0.25) is 0 Å². The molecule has 0 atom stereocenters. The Morgan fingerprint density at radius 1 is 0.750 bits per heavy atom. The van der Waals surface area contributed by atoms with Crippen LogP contribution in [-0.2, 0) is 4.87 Å². The summed E-state index contributed by atoms with van der Waals surface area (Å²) in [6, 6.07) is 8.00. The first-order chi connectivity index (χ1) is 11.1. The van der Waals surface area contributed by atoms with Crippen LogP contribution in [0.15, 0.2) is 48.5 Å². The zero-order chi connectivity index (χ0) is 18.1. The van der Waals surface area contributed by atoms with Crippen LogP contribution in [0.3, 0.4) is 0 Å². The second kappa shape index (κ2) is 6.16. The number of aromatic carboxylic acids is 2. The van der Waals surface area contributed by atoms with Gasteiger partial charge < -0.3 is 10.2 Å². The maximum atomic E-state index is 13.6. The molecule has 0 aliphatic rings. The van der Waals surface area contributed by atoms with Gasteiger partial charge in [-0.2, -0.15) is 13.2 Å². The lowest BCUT2D eigenvalue weighted by Gasteiger charge is -2.30. The third-order valence-electron chi connectivity index (χ3n) is 3.45. The molecule has 0 aromatic heterocycles. The SMILES string of the molecule is O=C(O)c1ccc(C(Cl)(c2ccc(C(=O)O)cc2)C(F)(F)F)cc1. The highest BCUT2D eigenvalue weighted by Crippen LogP contribution is 2.49. The summed E-state index contributed by atoms with van der Waals surface area (Å²) in [5, 5.41) is 17.7. The van der Waals surface area contributed by atoms with Crippen LogP contribution in [0.25, 0.3) is 0 Å². The lowest BCUT2D eigenvalue weighted by molar-refractivity contribution is -0.154. The highest BCUT2D eigenvalue weighted by atomic mass is 35.5. The molecule has 8 heteroatoms. The second-order valence-corrected chi connectivity index (χ2v) is 5.49. The summed E-state index contributed by atoms with van der Waals surface area (Å²) in [7, 11) is 0. The van der Waals surface area contributed by atoms with Crippen molar-refractivity contribution in [1.82, 2.24) is 0 Å². The average Bonchev–Trinajstić information content (AvgIpc) is 2.53. The van der Waals surface area contributed by atoms with Gasteiger partial charge >= 0.3 is 18.1 Å². The second-order valence-electron chi connectivity index (χ2n) is 4.92. The van der Waals surface area contributed by atoms with E-state index in [4.69, 9.17) is 21.8 Å². The Balaban J connectivity index is 2.58. The number of alkyl halides is 4. The summed E-state index contributed by atoms with van der Waals surface area (Å²) in [4.78, 5) is 18.7. The zero-order valence-electron chi connectivity index (χ0n) is 11.8. The quantitative estimate of drug-likeness (QED) is 0.806. The van der Waals surface area contributed by atoms with Crippen molar-refractivity contribution >= 4 is 23.5 Å². The lowest BCUT2D eigenvalue weighted by Crippen LogP contribution is -2.38. The molecule has 0 heterocycles. The van der Waals surface area contributed by atoms with Crippen molar-refractivity contribution < 1.29 is 33.0 Å². The zero-order valence-corrected chi connectivity index (χ0v) is 12.6. The first-order valence-electron chi connectivity index (χ1n) is 6.50. The van der Waals surface area contributed by atoms with Crippen molar-refractivity contribution in [2.24, 2.45) is 0 Å². The van der Waals surface area contributed by atoms with Crippen LogP contribution >= 0.6 is 11.6 Å². The Labute approximate surface area is 139 Å². The summed E-state index contributed by atoms with van der Waals surface area (Å²) >= 11 is 5.91. The van der Waals surface area contributed by atoms with Gasteiger partial charge in [-0.3, -0.25) is 0 Å². The van der Waals surface area contributed by atoms with Gasteiger partial charge in [-0.25, -0.2) is 9.59 Å². The molecule has 2 N–H and O–H groups in total. The van der Waals surface area contributed by atoms with Crippen molar-refractivity contribution in [1.29, 1.82) is 0 Å². The van der Waals surface area contributed by atoms with Crippen LogP contribution in [0.4, 0.5) is 13.2 Å². The van der Waals surface area contributed by atoms with Crippen LogP contribution in [0.2, 0.25) is 0 Å². The van der Waals surface area contributed by atoms with E-state index in [-0.39, 0.29) is 22.3 Å².